The third-order valence-electron chi connectivity index (χ3n) is 3.77. The zero-order valence-electron chi connectivity index (χ0n) is 10.8. The van der Waals surface area contributed by atoms with E-state index in [4.69, 9.17) is 5.11 Å². The summed E-state index contributed by atoms with van der Waals surface area (Å²) in [6.07, 6.45) is 3.44. The molecule has 18 heavy (non-hydrogen) atoms. The summed E-state index contributed by atoms with van der Waals surface area (Å²) in [6.45, 7) is 4.18. The van der Waals surface area contributed by atoms with Crippen LogP contribution in [-0.2, 0) is 17.8 Å². The normalized spacial score (nSPS) is 15.4. The number of hydrogen-bond donors (Lipinski definition) is 1. The second-order valence-corrected chi connectivity index (χ2v) is 5.02. The molecule has 0 amide bonds. The molecule has 0 radical (unpaired) electrons. The topological polar surface area (TPSA) is 72.2 Å². The zero-order valence-corrected chi connectivity index (χ0v) is 10.8. The van der Waals surface area contributed by atoms with Crippen molar-refractivity contribution in [2.45, 2.75) is 46.1 Å². The molecule has 1 aliphatic carbocycles. The van der Waals surface area contributed by atoms with Crippen molar-refractivity contribution in [1.29, 1.82) is 0 Å². The first-order valence-electron chi connectivity index (χ1n) is 6.27. The number of carboxylic acid groups (broad SMARTS) is 1. The second kappa shape index (κ2) is 4.92. The van der Waals surface area contributed by atoms with E-state index >= 15 is 0 Å². The number of aromatic nitrogens is 2. The summed E-state index contributed by atoms with van der Waals surface area (Å²) in [5.41, 5.74) is 1.69. The van der Waals surface area contributed by atoms with Gasteiger partial charge in [0.1, 0.15) is 0 Å². The summed E-state index contributed by atoms with van der Waals surface area (Å²) in [5, 5.41) is 8.90. The Morgan fingerprint density at radius 3 is 2.61 bits per heavy atom. The SMILES string of the molecule is Cc1nc(=O)n(CC2CCC2)c(C)c1CC(=O)O. The van der Waals surface area contributed by atoms with Crippen LogP contribution < -0.4 is 5.69 Å². The van der Waals surface area contributed by atoms with Crippen LogP contribution in [0.3, 0.4) is 0 Å². The molecule has 1 aromatic heterocycles. The molecular weight excluding hydrogens is 232 g/mol. The maximum Gasteiger partial charge on any atom is 0.347 e. The van der Waals surface area contributed by atoms with Gasteiger partial charge in [0.15, 0.2) is 0 Å². The lowest BCUT2D eigenvalue weighted by molar-refractivity contribution is -0.136. The molecule has 0 unspecified atom stereocenters. The summed E-state index contributed by atoms with van der Waals surface area (Å²) < 4.78 is 1.63. The number of aliphatic carboxylic acids is 1. The Bertz CT molecular complexity index is 530. The summed E-state index contributed by atoms with van der Waals surface area (Å²) in [5.74, 6) is -0.347. The van der Waals surface area contributed by atoms with Gasteiger partial charge in [0.2, 0.25) is 0 Å². The first kappa shape index (κ1) is 12.8. The van der Waals surface area contributed by atoms with Gasteiger partial charge >= 0.3 is 11.7 Å². The first-order valence-corrected chi connectivity index (χ1v) is 6.27. The number of nitrogens with zero attached hydrogens (tertiary/aromatic N) is 2. The Morgan fingerprint density at radius 2 is 2.11 bits per heavy atom. The molecule has 1 heterocycles. The molecule has 1 aromatic rings. The molecule has 1 saturated carbocycles. The highest BCUT2D eigenvalue weighted by Crippen LogP contribution is 2.28. The highest BCUT2D eigenvalue weighted by Gasteiger charge is 2.21. The van der Waals surface area contributed by atoms with Gasteiger partial charge in [-0.3, -0.25) is 9.36 Å². The predicted octanol–water partition coefficient (Wildman–Crippen LogP) is 1.29. The molecule has 1 fully saturated rings. The summed E-state index contributed by atoms with van der Waals surface area (Å²) in [7, 11) is 0. The predicted molar refractivity (Wildman–Crippen MR) is 66.7 cm³/mol. The van der Waals surface area contributed by atoms with E-state index in [2.05, 4.69) is 4.98 Å². The molecule has 1 aliphatic rings. The Kier molecular flexibility index (Phi) is 3.50. The first-order chi connectivity index (χ1) is 8.49. The highest BCUT2D eigenvalue weighted by atomic mass is 16.4. The summed E-state index contributed by atoms with van der Waals surface area (Å²) >= 11 is 0. The van der Waals surface area contributed by atoms with Gasteiger partial charge in [0.05, 0.1) is 6.42 Å². The molecule has 98 valence electrons. The number of carboxylic acids is 1. The van der Waals surface area contributed by atoms with Crippen LogP contribution in [0.5, 0.6) is 0 Å². The van der Waals surface area contributed by atoms with Gasteiger partial charge in [-0.05, 0) is 32.6 Å². The van der Waals surface area contributed by atoms with E-state index in [9.17, 15) is 9.59 Å². The minimum Gasteiger partial charge on any atom is -0.481 e. The van der Waals surface area contributed by atoms with Crippen LogP contribution in [0, 0.1) is 19.8 Å². The van der Waals surface area contributed by atoms with Crippen molar-refractivity contribution in [1.82, 2.24) is 9.55 Å². The van der Waals surface area contributed by atoms with E-state index in [0.29, 0.717) is 23.7 Å². The fourth-order valence-corrected chi connectivity index (χ4v) is 2.40. The third-order valence-corrected chi connectivity index (χ3v) is 3.77. The van der Waals surface area contributed by atoms with Gasteiger partial charge in [0.25, 0.3) is 0 Å². The van der Waals surface area contributed by atoms with Crippen LogP contribution in [0.25, 0.3) is 0 Å². The maximum atomic E-state index is 11.9. The van der Waals surface area contributed by atoms with Crippen LogP contribution in [0.4, 0.5) is 0 Å². The largest absolute Gasteiger partial charge is 0.481 e. The number of aryl methyl sites for hydroxylation is 1. The molecule has 5 heteroatoms. The molecule has 5 nitrogen and oxygen atoms in total. The Morgan fingerprint density at radius 1 is 1.44 bits per heavy atom. The summed E-state index contributed by atoms with van der Waals surface area (Å²) in [4.78, 5) is 26.7. The smallest absolute Gasteiger partial charge is 0.347 e. The van der Waals surface area contributed by atoms with E-state index in [1.165, 1.54) is 6.42 Å². The lowest BCUT2D eigenvalue weighted by atomic mass is 9.85. The van der Waals surface area contributed by atoms with Crippen LogP contribution >= 0.6 is 0 Å². The fraction of sp³-hybridized carbons (Fsp3) is 0.615. The standard InChI is InChI=1S/C13H18N2O3/c1-8-11(6-12(16)17)9(2)15(13(18)14-8)7-10-4-3-5-10/h10H,3-7H2,1-2H3,(H,16,17). The van der Waals surface area contributed by atoms with Crippen LogP contribution in [0.15, 0.2) is 4.79 Å². The second-order valence-electron chi connectivity index (χ2n) is 5.02. The lowest BCUT2D eigenvalue weighted by Crippen LogP contribution is -2.32. The monoisotopic (exact) mass is 250 g/mol. The van der Waals surface area contributed by atoms with E-state index in [1.54, 1.807) is 11.5 Å². The van der Waals surface area contributed by atoms with Gasteiger partial charge in [-0.25, -0.2) is 4.79 Å². The number of hydrogen-bond acceptors (Lipinski definition) is 3. The van der Waals surface area contributed by atoms with Crippen molar-refractivity contribution in [3.63, 3.8) is 0 Å². The number of rotatable bonds is 4. The molecule has 0 atom stereocenters. The molecule has 0 saturated heterocycles. The highest BCUT2D eigenvalue weighted by molar-refractivity contribution is 5.70. The van der Waals surface area contributed by atoms with E-state index in [0.717, 1.165) is 18.5 Å². The lowest BCUT2D eigenvalue weighted by Gasteiger charge is -2.27. The Hall–Kier alpha value is -1.65. The van der Waals surface area contributed by atoms with Crippen molar-refractivity contribution in [3.8, 4) is 0 Å². The molecule has 1 N–H and O–H groups in total. The average molecular weight is 250 g/mol. The zero-order chi connectivity index (χ0) is 13.3. The molecule has 0 aliphatic heterocycles. The van der Waals surface area contributed by atoms with Gasteiger partial charge in [-0.2, -0.15) is 4.98 Å². The minimum atomic E-state index is -0.892. The van der Waals surface area contributed by atoms with Crippen LogP contribution in [-0.4, -0.2) is 20.6 Å². The average Bonchev–Trinajstić information content (AvgIpc) is 2.21. The van der Waals surface area contributed by atoms with Gasteiger partial charge in [0, 0.05) is 23.5 Å². The van der Waals surface area contributed by atoms with Crippen molar-refractivity contribution in [2.75, 3.05) is 0 Å². The van der Waals surface area contributed by atoms with Gasteiger partial charge in [-0.1, -0.05) is 6.42 Å². The molecular formula is C13H18N2O3. The van der Waals surface area contributed by atoms with E-state index in [1.807, 2.05) is 6.92 Å². The van der Waals surface area contributed by atoms with Crippen molar-refractivity contribution in [2.24, 2.45) is 5.92 Å². The molecule has 0 bridgehead atoms. The van der Waals surface area contributed by atoms with Crippen LogP contribution in [0.1, 0.15) is 36.2 Å². The summed E-state index contributed by atoms with van der Waals surface area (Å²) in [6, 6.07) is 0. The van der Waals surface area contributed by atoms with Gasteiger partial charge in [-0.15, -0.1) is 0 Å². The molecule has 2 rings (SSSR count). The number of carbonyl (C=O) groups is 1. The van der Waals surface area contributed by atoms with Crippen LogP contribution in [0.2, 0.25) is 0 Å². The molecule has 0 spiro atoms. The fourth-order valence-electron chi connectivity index (χ4n) is 2.40. The Balaban J connectivity index is 2.38. The van der Waals surface area contributed by atoms with Crippen molar-refractivity contribution in [3.05, 3.63) is 27.4 Å². The third kappa shape index (κ3) is 2.44. The van der Waals surface area contributed by atoms with Gasteiger partial charge < -0.3 is 5.11 Å². The van der Waals surface area contributed by atoms with E-state index in [-0.39, 0.29) is 12.1 Å². The van der Waals surface area contributed by atoms with Crippen molar-refractivity contribution < 1.29 is 9.90 Å². The maximum absolute atomic E-state index is 11.9. The Labute approximate surface area is 105 Å². The quantitative estimate of drug-likeness (QED) is 0.874. The van der Waals surface area contributed by atoms with E-state index < -0.39 is 5.97 Å². The minimum absolute atomic E-state index is 0.0738. The molecule has 0 aromatic carbocycles. The van der Waals surface area contributed by atoms with Crippen molar-refractivity contribution >= 4 is 5.97 Å².